The number of anilines is 1. The lowest BCUT2D eigenvalue weighted by molar-refractivity contribution is -0.144. The fraction of sp³-hybridized carbons (Fsp3) is 0.182. The molecule has 3 aromatic rings. The monoisotopic (exact) mass is 549 g/mol. The molecule has 3 nitrogen and oxygen atoms in total. The number of nitrogen functional groups attached to an aromatic ring is 1. The van der Waals surface area contributed by atoms with E-state index in [1.807, 2.05) is 0 Å². The van der Waals surface area contributed by atoms with Crippen molar-refractivity contribution < 1.29 is 62.2 Å². The first-order valence-electron chi connectivity index (χ1n) is 9.58. The van der Waals surface area contributed by atoms with Gasteiger partial charge in [0, 0.05) is 11.8 Å². The highest BCUT2D eigenvalue weighted by Crippen LogP contribution is 2.43. The number of alkyl halides is 12. The Hall–Kier alpha value is -3.78. The van der Waals surface area contributed by atoms with Crippen LogP contribution >= 0.6 is 0 Å². The molecule has 0 fully saturated rings. The van der Waals surface area contributed by atoms with Gasteiger partial charge in [0.2, 0.25) is 0 Å². The van der Waals surface area contributed by atoms with Crippen molar-refractivity contribution in [3.63, 3.8) is 0 Å². The Morgan fingerprint density at radius 1 is 0.432 bits per heavy atom. The average molecular weight is 549 g/mol. The van der Waals surface area contributed by atoms with E-state index in [1.165, 1.54) is 0 Å². The Bertz CT molecular complexity index is 1230. The molecule has 0 atom stereocenters. The minimum absolute atomic E-state index is 0.172. The second kappa shape index (κ2) is 9.27. The van der Waals surface area contributed by atoms with Gasteiger partial charge in [-0.15, -0.1) is 0 Å². The van der Waals surface area contributed by atoms with Gasteiger partial charge in [-0.2, -0.15) is 52.7 Å². The van der Waals surface area contributed by atoms with Crippen LogP contribution in [0.2, 0.25) is 0 Å². The second-order valence-electron chi connectivity index (χ2n) is 7.39. The van der Waals surface area contributed by atoms with Crippen molar-refractivity contribution in [1.82, 2.24) is 0 Å². The number of hydrogen-bond acceptors (Lipinski definition) is 3. The highest BCUT2D eigenvalue weighted by molar-refractivity contribution is 5.55. The summed E-state index contributed by atoms with van der Waals surface area (Å²) in [6.07, 6.45) is -20.9. The fourth-order valence-electron chi connectivity index (χ4n) is 2.91. The lowest BCUT2D eigenvalue weighted by Gasteiger charge is -2.18. The second-order valence-corrected chi connectivity index (χ2v) is 7.39. The molecular weight excluding hydrogens is 538 g/mol. The topological polar surface area (TPSA) is 44.5 Å². The minimum Gasteiger partial charge on any atom is -0.453 e. The van der Waals surface area contributed by atoms with E-state index >= 15 is 0 Å². The maximum Gasteiger partial charge on any atom is 0.416 e. The molecule has 200 valence electrons. The fourth-order valence-corrected chi connectivity index (χ4v) is 2.91. The molecule has 15 heteroatoms. The summed E-state index contributed by atoms with van der Waals surface area (Å²) in [5.41, 5.74) is -1.58. The SMILES string of the molecule is Nc1ccc(Oc2cc(C(F)(F)F)cc(C(F)(F)F)c2)c(Oc2cc(C(F)(F)F)cc(C(F)(F)F)c2)c1. The zero-order chi connectivity index (χ0) is 28.0. The molecule has 0 saturated carbocycles. The molecule has 0 saturated heterocycles. The lowest BCUT2D eigenvalue weighted by Crippen LogP contribution is -2.11. The van der Waals surface area contributed by atoms with E-state index in [-0.39, 0.29) is 42.1 Å². The van der Waals surface area contributed by atoms with Crippen LogP contribution in [0.4, 0.5) is 58.4 Å². The molecule has 0 unspecified atom stereocenters. The maximum absolute atomic E-state index is 13.1. The summed E-state index contributed by atoms with van der Waals surface area (Å²) < 4.78 is 168. The molecule has 3 aromatic carbocycles. The van der Waals surface area contributed by atoms with Gasteiger partial charge in [0.15, 0.2) is 11.5 Å². The highest BCUT2D eigenvalue weighted by atomic mass is 19.4. The first-order chi connectivity index (χ1) is 16.7. The first kappa shape index (κ1) is 27.8. The van der Waals surface area contributed by atoms with Crippen LogP contribution in [-0.4, -0.2) is 0 Å². The van der Waals surface area contributed by atoms with Crippen molar-refractivity contribution in [2.24, 2.45) is 0 Å². The van der Waals surface area contributed by atoms with Gasteiger partial charge in [0.1, 0.15) is 11.5 Å². The van der Waals surface area contributed by atoms with Crippen LogP contribution in [0.3, 0.4) is 0 Å². The molecule has 0 spiro atoms. The molecule has 3 rings (SSSR count). The Morgan fingerprint density at radius 2 is 0.757 bits per heavy atom. The third-order valence-electron chi connectivity index (χ3n) is 4.55. The minimum atomic E-state index is -5.22. The number of rotatable bonds is 4. The van der Waals surface area contributed by atoms with Crippen LogP contribution in [-0.2, 0) is 24.7 Å². The van der Waals surface area contributed by atoms with Crippen molar-refractivity contribution in [3.8, 4) is 23.0 Å². The summed E-state index contributed by atoms with van der Waals surface area (Å²) in [6.45, 7) is 0. The van der Waals surface area contributed by atoms with Crippen molar-refractivity contribution in [3.05, 3.63) is 76.9 Å². The van der Waals surface area contributed by atoms with Crippen LogP contribution < -0.4 is 15.2 Å². The number of nitrogens with two attached hydrogens (primary N) is 1. The standard InChI is InChI=1S/C22H11F12NO2/c23-19(24,25)10-3-11(20(26,27)28)6-15(5-10)36-17-2-1-14(35)9-18(17)37-16-7-12(21(29,30)31)4-13(8-16)22(32,33)34/h1-9H,35H2. The van der Waals surface area contributed by atoms with Gasteiger partial charge in [-0.05, 0) is 48.5 Å². The summed E-state index contributed by atoms with van der Waals surface area (Å²) in [4.78, 5) is 0. The predicted molar refractivity (Wildman–Crippen MR) is 104 cm³/mol. The predicted octanol–water partition coefficient (Wildman–Crippen LogP) is 8.93. The molecule has 0 aliphatic heterocycles. The molecule has 2 N–H and O–H groups in total. The zero-order valence-corrected chi connectivity index (χ0v) is 17.6. The molecule has 0 aliphatic carbocycles. The molecule has 0 heterocycles. The van der Waals surface area contributed by atoms with E-state index in [9.17, 15) is 52.7 Å². The van der Waals surface area contributed by atoms with Crippen molar-refractivity contribution >= 4 is 5.69 Å². The third-order valence-corrected chi connectivity index (χ3v) is 4.55. The Kier molecular flexibility index (Phi) is 6.96. The smallest absolute Gasteiger partial charge is 0.416 e. The maximum atomic E-state index is 13.1. The summed E-state index contributed by atoms with van der Waals surface area (Å²) in [7, 11) is 0. The third kappa shape index (κ3) is 6.92. The molecule has 37 heavy (non-hydrogen) atoms. The molecule has 0 bridgehead atoms. The van der Waals surface area contributed by atoms with E-state index in [4.69, 9.17) is 15.2 Å². The Balaban J connectivity index is 2.09. The summed E-state index contributed by atoms with van der Waals surface area (Å²) >= 11 is 0. The van der Waals surface area contributed by atoms with E-state index in [1.54, 1.807) is 0 Å². The quantitative estimate of drug-likeness (QED) is 0.261. The number of hydrogen-bond donors (Lipinski definition) is 1. The zero-order valence-electron chi connectivity index (χ0n) is 17.6. The van der Waals surface area contributed by atoms with Gasteiger partial charge in [-0.25, -0.2) is 0 Å². The van der Waals surface area contributed by atoms with E-state index in [0.717, 1.165) is 18.2 Å². The molecule has 0 aromatic heterocycles. The number of halogens is 12. The molecular formula is C22H11F12NO2. The van der Waals surface area contributed by atoms with Crippen LogP contribution in [0.5, 0.6) is 23.0 Å². The average Bonchev–Trinajstić information content (AvgIpc) is 2.73. The van der Waals surface area contributed by atoms with Gasteiger partial charge in [-0.3, -0.25) is 0 Å². The van der Waals surface area contributed by atoms with Crippen molar-refractivity contribution in [1.29, 1.82) is 0 Å². The van der Waals surface area contributed by atoms with Gasteiger partial charge in [-0.1, -0.05) is 0 Å². The Morgan fingerprint density at radius 3 is 1.08 bits per heavy atom. The van der Waals surface area contributed by atoms with Crippen molar-refractivity contribution in [2.45, 2.75) is 24.7 Å². The summed E-state index contributed by atoms with van der Waals surface area (Å²) in [5, 5.41) is 0. The van der Waals surface area contributed by atoms with Crippen LogP contribution in [0.15, 0.2) is 54.6 Å². The lowest BCUT2D eigenvalue weighted by atomic mass is 10.1. The van der Waals surface area contributed by atoms with E-state index in [0.29, 0.717) is 0 Å². The van der Waals surface area contributed by atoms with Crippen LogP contribution in [0, 0.1) is 0 Å². The molecule has 0 radical (unpaired) electrons. The van der Waals surface area contributed by atoms with E-state index in [2.05, 4.69) is 0 Å². The highest BCUT2D eigenvalue weighted by Gasteiger charge is 2.38. The van der Waals surface area contributed by atoms with Gasteiger partial charge in [0.05, 0.1) is 22.3 Å². The van der Waals surface area contributed by atoms with Gasteiger partial charge < -0.3 is 15.2 Å². The largest absolute Gasteiger partial charge is 0.453 e. The first-order valence-corrected chi connectivity index (χ1v) is 9.58. The molecule has 0 aliphatic rings. The van der Waals surface area contributed by atoms with Crippen molar-refractivity contribution in [2.75, 3.05) is 5.73 Å². The normalized spacial score (nSPS) is 13.0. The number of benzene rings is 3. The van der Waals surface area contributed by atoms with Gasteiger partial charge >= 0.3 is 24.7 Å². The summed E-state index contributed by atoms with van der Waals surface area (Å²) in [5.74, 6) is -3.37. The summed E-state index contributed by atoms with van der Waals surface area (Å²) in [6, 6.07) is 3.25. The molecule has 0 amide bonds. The van der Waals surface area contributed by atoms with Crippen LogP contribution in [0.25, 0.3) is 0 Å². The number of ether oxygens (including phenoxy) is 2. The van der Waals surface area contributed by atoms with E-state index < -0.39 is 70.0 Å². The van der Waals surface area contributed by atoms with Crippen LogP contribution in [0.1, 0.15) is 22.3 Å². The van der Waals surface area contributed by atoms with Gasteiger partial charge in [0.25, 0.3) is 0 Å². The Labute approximate surface area is 199 Å².